The summed E-state index contributed by atoms with van der Waals surface area (Å²) in [5.74, 6) is 0.353. The van der Waals surface area contributed by atoms with Crippen molar-refractivity contribution in [1.29, 1.82) is 0 Å². The van der Waals surface area contributed by atoms with Crippen molar-refractivity contribution in [3.05, 3.63) is 0 Å². The largest absolute Gasteiger partial charge is 0.354 e. The predicted molar refractivity (Wildman–Crippen MR) is 66.5 cm³/mol. The summed E-state index contributed by atoms with van der Waals surface area (Å²) >= 11 is 0. The number of carbonyl (C=O) groups is 2. The molecule has 1 saturated heterocycles. The lowest BCUT2D eigenvalue weighted by Crippen LogP contribution is -2.46. The number of amides is 2. The van der Waals surface area contributed by atoms with E-state index in [-0.39, 0.29) is 24.4 Å². The van der Waals surface area contributed by atoms with E-state index in [1.165, 1.54) is 4.90 Å². The molecule has 1 atom stereocenters. The van der Waals surface area contributed by atoms with E-state index >= 15 is 0 Å². The van der Waals surface area contributed by atoms with Gasteiger partial charge in [0.05, 0.1) is 12.6 Å². The van der Waals surface area contributed by atoms with Crippen molar-refractivity contribution in [3.63, 3.8) is 0 Å². The van der Waals surface area contributed by atoms with Gasteiger partial charge in [-0.25, -0.2) is 0 Å². The van der Waals surface area contributed by atoms with Crippen LogP contribution in [0.25, 0.3) is 0 Å². The first-order chi connectivity index (χ1) is 8.00. The van der Waals surface area contributed by atoms with Gasteiger partial charge in [0.1, 0.15) is 0 Å². The van der Waals surface area contributed by atoms with Crippen LogP contribution in [0.3, 0.4) is 0 Å². The summed E-state index contributed by atoms with van der Waals surface area (Å²) in [6, 6.07) is -0.0992. The van der Waals surface area contributed by atoms with Crippen LogP contribution in [0.5, 0.6) is 0 Å². The molecule has 5 heteroatoms. The van der Waals surface area contributed by atoms with Crippen molar-refractivity contribution in [3.8, 4) is 0 Å². The number of nitrogens with zero attached hydrogens (tertiary/aromatic N) is 1. The maximum Gasteiger partial charge on any atom is 0.239 e. The van der Waals surface area contributed by atoms with Crippen molar-refractivity contribution in [2.75, 3.05) is 26.7 Å². The second-order valence-electron chi connectivity index (χ2n) is 5.04. The molecular weight excluding hydrogens is 218 g/mol. The second-order valence-corrected chi connectivity index (χ2v) is 5.04. The van der Waals surface area contributed by atoms with Gasteiger partial charge in [-0.3, -0.25) is 9.59 Å². The molecule has 2 N–H and O–H groups in total. The number of nitrogens with one attached hydrogen (secondary N) is 2. The van der Waals surface area contributed by atoms with Crippen LogP contribution in [0.4, 0.5) is 0 Å². The van der Waals surface area contributed by atoms with Gasteiger partial charge in [0.2, 0.25) is 11.8 Å². The zero-order chi connectivity index (χ0) is 12.8. The Kier molecular flexibility index (Phi) is 5.41. The third-order valence-corrected chi connectivity index (χ3v) is 2.82. The van der Waals surface area contributed by atoms with Gasteiger partial charge in [-0.05, 0) is 25.3 Å². The summed E-state index contributed by atoms with van der Waals surface area (Å²) in [5.41, 5.74) is 0. The molecule has 1 heterocycles. The molecule has 5 nitrogen and oxygen atoms in total. The van der Waals surface area contributed by atoms with Gasteiger partial charge in [0, 0.05) is 13.6 Å². The van der Waals surface area contributed by atoms with E-state index in [9.17, 15) is 9.59 Å². The molecule has 0 saturated carbocycles. The molecule has 1 rings (SSSR count). The molecule has 0 aromatic heterocycles. The Bertz CT molecular complexity index is 273. The Balaban J connectivity index is 2.29. The fourth-order valence-corrected chi connectivity index (χ4v) is 1.83. The van der Waals surface area contributed by atoms with Crippen LogP contribution in [-0.2, 0) is 9.59 Å². The zero-order valence-corrected chi connectivity index (χ0v) is 11.0. The molecule has 17 heavy (non-hydrogen) atoms. The van der Waals surface area contributed by atoms with Crippen molar-refractivity contribution >= 4 is 11.8 Å². The standard InChI is InChI=1S/C12H23N3O2/c1-9(2)7-14-11(16)8-15(3)12(17)10-5-4-6-13-10/h9-10,13H,4-8H2,1-3H3,(H,14,16). The number of hydrogen-bond donors (Lipinski definition) is 2. The summed E-state index contributed by atoms with van der Waals surface area (Å²) < 4.78 is 0. The lowest BCUT2D eigenvalue weighted by atomic mass is 10.2. The average Bonchev–Trinajstić information content (AvgIpc) is 2.78. The summed E-state index contributed by atoms with van der Waals surface area (Å²) in [6.45, 7) is 5.77. The number of likely N-dealkylation sites (N-methyl/N-ethyl adjacent to an activating group) is 1. The minimum absolute atomic E-state index is 0.0159. The van der Waals surface area contributed by atoms with Gasteiger partial charge < -0.3 is 15.5 Å². The minimum atomic E-state index is -0.0992. The van der Waals surface area contributed by atoms with Gasteiger partial charge in [-0.1, -0.05) is 13.8 Å². The van der Waals surface area contributed by atoms with Crippen molar-refractivity contribution < 1.29 is 9.59 Å². The van der Waals surface area contributed by atoms with Crippen LogP contribution in [0.15, 0.2) is 0 Å². The Morgan fingerprint density at radius 2 is 2.18 bits per heavy atom. The maximum atomic E-state index is 11.9. The smallest absolute Gasteiger partial charge is 0.239 e. The average molecular weight is 241 g/mol. The first kappa shape index (κ1) is 14.0. The fourth-order valence-electron chi connectivity index (χ4n) is 1.83. The van der Waals surface area contributed by atoms with E-state index in [4.69, 9.17) is 0 Å². The topological polar surface area (TPSA) is 61.4 Å². The first-order valence-electron chi connectivity index (χ1n) is 6.25. The van der Waals surface area contributed by atoms with Crippen LogP contribution < -0.4 is 10.6 Å². The summed E-state index contributed by atoms with van der Waals surface area (Å²) in [6.07, 6.45) is 1.90. The van der Waals surface area contributed by atoms with Crippen LogP contribution in [0.1, 0.15) is 26.7 Å². The lowest BCUT2D eigenvalue weighted by molar-refractivity contribution is -0.136. The highest BCUT2D eigenvalue weighted by Crippen LogP contribution is 2.07. The number of hydrogen-bond acceptors (Lipinski definition) is 3. The molecule has 1 unspecified atom stereocenters. The molecule has 0 aromatic rings. The van der Waals surface area contributed by atoms with Crippen LogP contribution in [-0.4, -0.2) is 49.4 Å². The highest BCUT2D eigenvalue weighted by Gasteiger charge is 2.25. The number of rotatable bonds is 5. The zero-order valence-electron chi connectivity index (χ0n) is 11.0. The Labute approximate surface area is 103 Å². The molecule has 1 aliphatic rings. The molecule has 0 aromatic carbocycles. The predicted octanol–water partition coefficient (Wildman–Crippen LogP) is -0.0310. The molecule has 2 amide bonds. The Hall–Kier alpha value is -1.10. The van der Waals surface area contributed by atoms with Gasteiger partial charge in [-0.15, -0.1) is 0 Å². The van der Waals surface area contributed by atoms with Gasteiger partial charge >= 0.3 is 0 Å². The SMILES string of the molecule is CC(C)CNC(=O)CN(C)C(=O)C1CCCN1. The van der Waals surface area contributed by atoms with Crippen LogP contribution >= 0.6 is 0 Å². The molecule has 0 bridgehead atoms. The van der Waals surface area contributed by atoms with Crippen LogP contribution in [0, 0.1) is 5.92 Å². The summed E-state index contributed by atoms with van der Waals surface area (Å²) in [4.78, 5) is 25.0. The third-order valence-electron chi connectivity index (χ3n) is 2.82. The highest BCUT2D eigenvalue weighted by molar-refractivity contribution is 5.87. The molecule has 1 fully saturated rings. The Morgan fingerprint density at radius 3 is 2.71 bits per heavy atom. The van der Waals surface area contributed by atoms with E-state index in [1.54, 1.807) is 7.05 Å². The number of carbonyl (C=O) groups excluding carboxylic acids is 2. The summed E-state index contributed by atoms with van der Waals surface area (Å²) in [5, 5.41) is 5.94. The third kappa shape index (κ3) is 4.73. The normalized spacial score (nSPS) is 19.4. The van der Waals surface area contributed by atoms with Gasteiger partial charge in [0.25, 0.3) is 0 Å². The minimum Gasteiger partial charge on any atom is -0.354 e. The lowest BCUT2D eigenvalue weighted by Gasteiger charge is -2.20. The van der Waals surface area contributed by atoms with E-state index < -0.39 is 0 Å². The van der Waals surface area contributed by atoms with Crippen molar-refractivity contribution in [2.45, 2.75) is 32.7 Å². The van der Waals surface area contributed by atoms with Crippen molar-refractivity contribution in [1.82, 2.24) is 15.5 Å². The fraction of sp³-hybridized carbons (Fsp3) is 0.833. The quantitative estimate of drug-likeness (QED) is 0.710. The molecule has 1 aliphatic heterocycles. The molecular formula is C12H23N3O2. The van der Waals surface area contributed by atoms with Gasteiger partial charge in [0.15, 0.2) is 0 Å². The highest BCUT2D eigenvalue weighted by atomic mass is 16.2. The summed E-state index contributed by atoms with van der Waals surface area (Å²) in [7, 11) is 1.68. The molecule has 0 aliphatic carbocycles. The molecule has 98 valence electrons. The molecule has 0 spiro atoms. The van der Waals surface area contributed by atoms with Gasteiger partial charge in [-0.2, -0.15) is 0 Å². The second kappa shape index (κ2) is 6.59. The Morgan fingerprint density at radius 1 is 1.47 bits per heavy atom. The van der Waals surface area contributed by atoms with E-state index in [0.29, 0.717) is 12.5 Å². The van der Waals surface area contributed by atoms with E-state index in [2.05, 4.69) is 10.6 Å². The van der Waals surface area contributed by atoms with Crippen LogP contribution in [0.2, 0.25) is 0 Å². The van der Waals surface area contributed by atoms with E-state index in [0.717, 1.165) is 19.4 Å². The monoisotopic (exact) mass is 241 g/mol. The molecule has 0 radical (unpaired) electrons. The first-order valence-corrected chi connectivity index (χ1v) is 6.25. The van der Waals surface area contributed by atoms with Crippen molar-refractivity contribution in [2.24, 2.45) is 5.92 Å². The van der Waals surface area contributed by atoms with E-state index in [1.807, 2.05) is 13.8 Å². The maximum absolute atomic E-state index is 11.9.